The number of nitrogens with one attached hydrogen (secondary N) is 3. The molecule has 0 saturated heterocycles. The summed E-state index contributed by atoms with van der Waals surface area (Å²) in [5.41, 5.74) is 0.888. The minimum atomic E-state index is -0.223. The molecule has 7 heteroatoms. The molecule has 3 N–H and O–H groups in total. The third-order valence-corrected chi connectivity index (χ3v) is 3.93. The van der Waals surface area contributed by atoms with Gasteiger partial charge in [-0.15, -0.1) is 24.0 Å². The molecule has 2 aromatic rings. The van der Waals surface area contributed by atoms with Crippen molar-refractivity contribution in [2.24, 2.45) is 4.99 Å². The number of pyridine rings is 1. The fourth-order valence-electron chi connectivity index (χ4n) is 2.62. The Kier molecular flexibility index (Phi) is 11.4. The summed E-state index contributed by atoms with van der Waals surface area (Å²) in [6.07, 6.45) is 3.90. The summed E-state index contributed by atoms with van der Waals surface area (Å²) in [6.45, 7) is 8.60. The lowest BCUT2D eigenvalue weighted by atomic mass is 10.1. The quantitative estimate of drug-likeness (QED) is 0.201. The Morgan fingerprint density at radius 1 is 1.00 bits per heavy atom. The molecule has 0 saturated carbocycles. The second kappa shape index (κ2) is 13.2. The second-order valence-corrected chi connectivity index (χ2v) is 7.52. The average Bonchev–Trinajstić information content (AvgIpc) is 2.67. The maximum Gasteiger partial charge on any atom is 0.191 e. The Morgan fingerprint density at radius 2 is 1.72 bits per heavy atom. The van der Waals surface area contributed by atoms with Crippen LogP contribution in [0.2, 0.25) is 0 Å². The number of rotatable bonds is 9. The summed E-state index contributed by atoms with van der Waals surface area (Å²) >= 11 is 0. The van der Waals surface area contributed by atoms with E-state index in [9.17, 15) is 0 Å². The second-order valence-electron chi connectivity index (χ2n) is 7.52. The molecule has 0 aliphatic heterocycles. The van der Waals surface area contributed by atoms with Crippen LogP contribution in [0.4, 0.5) is 5.82 Å². The summed E-state index contributed by atoms with van der Waals surface area (Å²) in [5.74, 6) is 2.62. The number of guanidine groups is 1. The molecule has 0 unspecified atom stereocenters. The zero-order valence-corrected chi connectivity index (χ0v) is 20.2. The average molecular weight is 511 g/mol. The topological polar surface area (TPSA) is 70.6 Å². The van der Waals surface area contributed by atoms with E-state index < -0.39 is 0 Å². The van der Waals surface area contributed by atoms with Crippen LogP contribution in [0, 0.1) is 0 Å². The van der Waals surface area contributed by atoms with E-state index in [2.05, 4.69) is 52.8 Å². The van der Waals surface area contributed by atoms with Gasteiger partial charge in [0.2, 0.25) is 0 Å². The van der Waals surface area contributed by atoms with Gasteiger partial charge in [0.05, 0.1) is 0 Å². The summed E-state index contributed by atoms with van der Waals surface area (Å²) in [7, 11) is 1.79. The van der Waals surface area contributed by atoms with E-state index in [-0.39, 0.29) is 29.6 Å². The van der Waals surface area contributed by atoms with Gasteiger partial charge in [-0.2, -0.15) is 0 Å². The zero-order valence-electron chi connectivity index (χ0n) is 17.9. The van der Waals surface area contributed by atoms with Crippen LogP contribution >= 0.6 is 24.0 Å². The molecule has 29 heavy (non-hydrogen) atoms. The molecule has 0 aliphatic carbocycles. The zero-order chi connectivity index (χ0) is 20.2. The lowest BCUT2D eigenvalue weighted by molar-refractivity contribution is 0.129. The van der Waals surface area contributed by atoms with Gasteiger partial charge in [0.15, 0.2) is 5.96 Å². The van der Waals surface area contributed by atoms with Gasteiger partial charge in [0.25, 0.3) is 0 Å². The fourth-order valence-corrected chi connectivity index (χ4v) is 2.62. The summed E-state index contributed by atoms with van der Waals surface area (Å²) in [4.78, 5) is 8.55. The first-order valence-electron chi connectivity index (χ1n) is 9.84. The van der Waals surface area contributed by atoms with E-state index in [4.69, 9.17) is 4.74 Å². The molecule has 0 fully saturated rings. The van der Waals surface area contributed by atoms with Crippen LogP contribution in [-0.4, -0.2) is 36.7 Å². The molecule has 1 heterocycles. The molecule has 6 nitrogen and oxygen atoms in total. The number of halogens is 1. The number of unbranched alkanes of at least 4 members (excludes halogenated alkanes) is 1. The predicted octanol–water partition coefficient (Wildman–Crippen LogP) is 4.43. The molecule has 1 aromatic heterocycles. The van der Waals surface area contributed by atoms with Gasteiger partial charge < -0.3 is 20.7 Å². The van der Waals surface area contributed by atoms with Crippen molar-refractivity contribution in [2.45, 2.75) is 45.8 Å². The van der Waals surface area contributed by atoms with Gasteiger partial charge in [0, 0.05) is 38.4 Å². The fraction of sp³-hybridized carbons (Fsp3) is 0.455. The van der Waals surface area contributed by atoms with Crippen molar-refractivity contribution in [3.05, 3.63) is 54.2 Å². The Hall–Kier alpha value is -2.03. The first kappa shape index (κ1) is 25.0. The standard InChI is InChI=1S/C22H33N5O.HI/c1-22(2,3)28-19-12-6-5-11-18(19)17-27-21(23-4)26-16-10-9-15-25-20-13-7-8-14-24-20;/h5-8,11-14H,9-10,15-17H2,1-4H3,(H,24,25)(H2,23,26,27);1H. The third-order valence-electron chi connectivity index (χ3n) is 3.93. The van der Waals surface area contributed by atoms with E-state index in [1.165, 1.54) is 0 Å². The number of hydrogen-bond acceptors (Lipinski definition) is 4. The lowest BCUT2D eigenvalue weighted by Crippen LogP contribution is -2.37. The van der Waals surface area contributed by atoms with Gasteiger partial charge in [-0.1, -0.05) is 24.3 Å². The highest BCUT2D eigenvalue weighted by atomic mass is 127. The highest BCUT2D eigenvalue weighted by Gasteiger charge is 2.14. The number of benzene rings is 1. The van der Waals surface area contributed by atoms with E-state index in [0.29, 0.717) is 6.54 Å². The first-order valence-corrected chi connectivity index (χ1v) is 9.84. The van der Waals surface area contributed by atoms with Crippen LogP contribution in [-0.2, 0) is 6.54 Å². The van der Waals surface area contributed by atoms with Gasteiger partial charge in [0.1, 0.15) is 17.2 Å². The highest BCUT2D eigenvalue weighted by Crippen LogP contribution is 2.22. The molecule has 0 amide bonds. The Labute approximate surface area is 192 Å². The largest absolute Gasteiger partial charge is 0.488 e. The van der Waals surface area contributed by atoms with Crippen molar-refractivity contribution >= 4 is 35.8 Å². The van der Waals surface area contributed by atoms with Crippen LogP contribution in [0.3, 0.4) is 0 Å². The maximum atomic E-state index is 6.05. The number of anilines is 1. The van der Waals surface area contributed by atoms with Crippen molar-refractivity contribution < 1.29 is 4.74 Å². The molecule has 1 aromatic carbocycles. The minimum absolute atomic E-state index is 0. The predicted molar refractivity (Wildman–Crippen MR) is 132 cm³/mol. The van der Waals surface area contributed by atoms with E-state index in [1.807, 2.05) is 36.4 Å². The van der Waals surface area contributed by atoms with Gasteiger partial charge in [-0.3, -0.25) is 4.99 Å². The molecule has 0 bridgehead atoms. The van der Waals surface area contributed by atoms with Crippen LogP contribution in [0.15, 0.2) is 53.7 Å². The molecule has 0 atom stereocenters. The number of ether oxygens (including phenoxy) is 1. The van der Waals surface area contributed by atoms with Crippen LogP contribution in [0.5, 0.6) is 5.75 Å². The molecule has 0 radical (unpaired) electrons. The Balaban J connectivity index is 0.00000420. The molecular weight excluding hydrogens is 477 g/mol. The number of aliphatic imine (C=N–C) groups is 1. The van der Waals surface area contributed by atoms with Crippen molar-refractivity contribution in [2.75, 3.05) is 25.5 Å². The lowest BCUT2D eigenvalue weighted by Gasteiger charge is -2.23. The van der Waals surface area contributed by atoms with Gasteiger partial charge in [-0.25, -0.2) is 4.98 Å². The summed E-state index contributed by atoms with van der Waals surface area (Å²) in [5, 5.41) is 10.0. The third kappa shape index (κ3) is 10.3. The highest BCUT2D eigenvalue weighted by molar-refractivity contribution is 14.0. The molecule has 160 valence electrons. The van der Waals surface area contributed by atoms with E-state index in [1.54, 1.807) is 13.2 Å². The van der Waals surface area contributed by atoms with Gasteiger partial charge in [-0.05, 0) is 51.8 Å². The van der Waals surface area contributed by atoms with Crippen LogP contribution in [0.1, 0.15) is 39.2 Å². The molecule has 0 spiro atoms. The van der Waals surface area contributed by atoms with Crippen LogP contribution in [0.25, 0.3) is 0 Å². The van der Waals surface area contributed by atoms with Gasteiger partial charge >= 0.3 is 0 Å². The molecular formula is C22H34IN5O. The summed E-state index contributed by atoms with van der Waals surface area (Å²) in [6, 6.07) is 14.0. The minimum Gasteiger partial charge on any atom is -0.488 e. The van der Waals surface area contributed by atoms with E-state index in [0.717, 1.165) is 49.0 Å². The normalized spacial score (nSPS) is 11.4. The summed E-state index contributed by atoms with van der Waals surface area (Å²) < 4.78 is 6.05. The monoisotopic (exact) mass is 511 g/mol. The Morgan fingerprint density at radius 3 is 2.41 bits per heavy atom. The smallest absolute Gasteiger partial charge is 0.191 e. The van der Waals surface area contributed by atoms with Crippen LogP contribution < -0.4 is 20.7 Å². The number of aromatic nitrogens is 1. The van der Waals surface area contributed by atoms with Crippen molar-refractivity contribution in [1.29, 1.82) is 0 Å². The maximum absolute atomic E-state index is 6.05. The number of para-hydroxylation sites is 1. The van der Waals surface area contributed by atoms with Crippen molar-refractivity contribution in [1.82, 2.24) is 15.6 Å². The Bertz CT molecular complexity index is 731. The molecule has 2 rings (SSSR count). The van der Waals surface area contributed by atoms with E-state index >= 15 is 0 Å². The molecule has 0 aliphatic rings. The number of hydrogen-bond donors (Lipinski definition) is 3. The first-order chi connectivity index (χ1) is 13.5. The van der Waals surface area contributed by atoms with Crippen molar-refractivity contribution in [3.8, 4) is 5.75 Å². The number of nitrogens with zero attached hydrogens (tertiary/aromatic N) is 2. The van der Waals surface area contributed by atoms with Crippen molar-refractivity contribution in [3.63, 3.8) is 0 Å². The SMILES string of the molecule is CN=C(NCCCCNc1ccccn1)NCc1ccccc1OC(C)(C)C.I.